The normalized spacial score (nSPS) is 10.6. The topological polar surface area (TPSA) is 133 Å². The summed E-state index contributed by atoms with van der Waals surface area (Å²) in [5, 5.41) is 22.6. The number of aliphatic carboxylic acids is 1. The highest BCUT2D eigenvalue weighted by molar-refractivity contribution is 5.96. The number of benzene rings is 1. The average Bonchev–Trinajstić information content (AvgIpc) is 3.27. The number of anilines is 1. The number of carbonyl (C=O) groups is 2. The molecule has 0 atom stereocenters. The lowest BCUT2D eigenvalue weighted by atomic mass is 10.3. The van der Waals surface area contributed by atoms with Crippen LogP contribution >= 0.6 is 0 Å². The molecule has 0 unspecified atom stereocenters. The summed E-state index contributed by atoms with van der Waals surface area (Å²) in [6.45, 7) is 2.22. The number of hydrazine groups is 1. The monoisotopic (exact) mass is 438 g/mol. The molecule has 1 aromatic carbocycles. The molecule has 0 aliphatic rings. The predicted octanol–water partition coefficient (Wildman–Crippen LogP) is 2.49. The first kappa shape index (κ1) is 23.1. The van der Waals surface area contributed by atoms with Crippen LogP contribution in [0.4, 0.5) is 18.9 Å². The van der Waals surface area contributed by atoms with E-state index in [4.69, 9.17) is 9.90 Å². The van der Waals surface area contributed by atoms with Gasteiger partial charge in [-0.1, -0.05) is 18.2 Å². The second-order valence-corrected chi connectivity index (χ2v) is 5.69. The summed E-state index contributed by atoms with van der Waals surface area (Å²) < 4.78 is 33.1. The number of amides is 1. The van der Waals surface area contributed by atoms with Gasteiger partial charge < -0.3 is 10.2 Å². The Balaban J connectivity index is 0.000000423. The molecule has 3 aromatic rings. The number of aromatic hydroxyl groups is 1. The van der Waals surface area contributed by atoms with E-state index in [9.17, 15) is 23.1 Å². The third-order valence-electron chi connectivity index (χ3n) is 3.54. The quantitative estimate of drug-likeness (QED) is 0.518. The molecule has 2 heterocycles. The van der Waals surface area contributed by atoms with Crippen LogP contribution in [0.5, 0.6) is 5.88 Å². The van der Waals surface area contributed by atoms with Crippen molar-refractivity contribution in [2.45, 2.75) is 13.1 Å². The van der Waals surface area contributed by atoms with Crippen LogP contribution in [-0.2, 0) is 4.79 Å². The Labute approximate surface area is 173 Å². The van der Waals surface area contributed by atoms with E-state index < -0.39 is 23.9 Å². The first-order chi connectivity index (χ1) is 14.6. The van der Waals surface area contributed by atoms with E-state index in [0.29, 0.717) is 6.54 Å². The molecule has 0 aliphatic heterocycles. The van der Waals surface area contributed by atoms with Crippen LogP contribution in [0.3, 0.4) is 0 Å². The van der Waals surface area contributed by atoms with Crippen LogP contribution in [-0.4, -0.2) is 59.6 Å². The number of alkyl halides is 3. The zero-order valence-electron chi connectivity index (χ0n) is 16.0. The SMILES string of the molecule is CCN(Nc1ccccc1)C(=O)c1cnc(-n2cccn2)nc1O.O=C(O)C(F)(F)F. The van der Waals surface area contributed by atoms with E-state index in [-0.39, 0.29) is 11.5 Å². The smallest absolute Gasteiger partial charge is 0.490 e. The van der Waals surface area contributed by atoms with Gasteiger partial charge in [0.15, 0.2) is 0 Å². The minimum absolute atomic E-state index is 0.0104. The van der Waals surface area contributed by atoms with Crippen molar-refractivity contribution in [3.05, 3.63) is 60.6 Å². The van der Waals surface area contributed by atoms with Crippen molar-refractivity contribution in [1.82, 2.24) is 24.8 Å². The fourth-order valence-corrected chi connectivity index (χ4v) is 2.10. The maximum Gasteiger partial charge on any atom is 0.490 e. The summed E-state index contributed by atoms with van der Waals surface area (Å²) in [7, 11) is 0. The molecule has 0 spiro atoms. The Morgan fingerprint density at radius 2 is 1.84 bits per heavy atom. The predicted molar refractivity (Wildman–Crippen MR) is 101 cm³/mol. The van der Waals surface area contributed by atoms with Crippen LogP contribution in [0, 0.1) is 0 Å². The van der Waals surface area contributed by atoms with Crippen molar-refractivity contribution in [3.8, 4) is 11.8 Å². The van der Waals surface area contributed by atoms with Gasteiger partial charge in [0.1, 0.15) is 5.56 Å². The van der Waals surface area contributed by atoms with Crippen molar-refractivity contribution in [2.24, 2.45) is 0 Å². The summed E-state index contributed by atoms with van der Waals surface area (Å²) in [5.41, 5.74) is 3.77. The number of rotatable bonds is 5. The van der Waals surface area contributed by atoms with E-state index >= 15 is 0 Å². The highest BCUT2D eigenvalue weighted by Gasteiger charge is 2.38. The van der Waals surface area contributed by atoms with Gasteiger partial charge in [-0.2, -0.15) is 23.3 Å². The molecule has 1 amide bonds. The Bertz CT molecular complexity index is 1010. The largest absolute Gasteiger partial charge is 0.493 e. The lowest BCUT2D eigenvalue weighted by Gasteiger charge is -2.23. The van der Waals surface area contributed by atoms with E-state index in [1.807, 2.05) is 37.3 Å². The zero-order valence-corrected chi connectivity index (χ0v) is 16.0. The molecule has 10 nitrogen and oxygen atoms in total. The van der Waals surface area contributed by atoms with Crippen LogP contribution in [0.1, 0.15) is 17.3 Å². The molecule has 3 N–H and O–H groups in total. The molecule has 164 valence electrons. The molecule has 31 heavy (non-hydrogen) atoms. The van der Waals surface area contributed by atoms with Gasteiger partial charge in [-0.05, 0) is 25.1 Å². The number of aromatic nitrogens is 4. The first-order valence-corrected chi connectivity index (χ1v) is 8.63. The van der Waals surface area contributed by atoms with Crippen molar-refractivity contribution in [3.63, 3.8) is 0 Å². The molecular weight excluding hydrogens is 421 g/mol. The molecule has 13 heteroatoms. The molecule has 3 rings (SSSR count). The van der Waals surface area contributed by atoms with E-state index in [2.05, 4.69) is 20.5 Å². The number of hydrogen-bond donors (Lipinski definition) is 3. The van der Waals surface area contributed by atoms with Gasteiger partial charge in [-0.15, -0.1) is 0 Å². The molecule has 0 saturated heterocycles. The highest BCUT2D eigenvalue weighted by Crippen LogP contribution is 2.17. The number of nitrogens with zero attached hydrogens (tertiary/aromatic N) is 5. The minimum Gasteiger partial charge on any atom is -0.493 e. The van der Waals surface area contributed by atoms with Crippen LogP contribution in [0.2, 0.25) is 0 Å². The molecule has 0 radical (unpaired) electrons. The van der Waals surface area contributed by atoms with Gasteiger partial charge in [0.2, 0.25) is 5.88 Å². The highest BCUT2D eigenvalue weighted by atomic mass is 19.4. The number of hydrogen-bond acceptors (Lipinski definition) is 7. The summed E-state index contributed by atoms with van der Waals surface area (Å²) in [6, 6.07) is 11.0. The van der Waals surface area contributed by atoms with Crippen LogP contribution < -0.4 is 5.43 Å². The summed E-state index contributed by atoms with van der Waals surface area (Å²) in [4.78, 5) is 29.5. The van der Waals surface area contributed by atoms with Gasteiger partial charge in [0, 0.05) is 25.1 Å². The van der Waals surface area contributed by atoms with Crippen molar-refractivity contribution in [1.29, 1.82) is 0 Å². The third-order valence-corrected chi connectivity index (χ3v) is 3.54. The molecule has 0 fully saturated rings. The molecule has 0 bridgehead atoms. The summed E-state index contributed by atoms with van der Waals surface area (Å²) in [6.07, 6.45) is -0.579. The maximum atomic E-state index is 12.6. The first-order valence-electron chi connectivity index (χ1n) is 8.63. The molecule has 2 aromatic heterocycles. The number of carboxylic acids is 1. The standard InChI is InChI=1S/C16H16N6O2.C2HF3O2/c1-2-21(20-12-7-4-3-5-8-12)15(24)13-11-17-16(19-14(13)23)22-10-6-9-18-22;3-2(4,5)1(6)7/h3-11,20H,2H2,1H3,(H,17,19,23);(H,6,7). The van der Waals surface area contributed by atoms with Gasteiger partial charge in [-0.3, -0.25) is 15.2 Å². The fraction of sp³-hybridized carbons (Fsp3) is 0.167. The number of halogens is 3. The van der Waals surface area contributed by atoms with Crippen LogP contribution in [0.15, 0.2) is 55.0 Å². The Morgan fingerprint density at radius 3 is 2.32 bits per heavy atom. The number of carboxylic acid groups (broad SMARTS) is 1. The lowest BCUT2D eigenvalue weighted by molar-refractivity contribution is -0.192. The lowest BCUT2D eigenvalue weighted by Crippen LogP contribution is -2.36. The number of carbonyl (C=O) groups excluding carboxylic acids is 1. The average molecular weight is 438 g/mol. The molecular formula is C18H17F3N6O4. The number of nitrogens with one attached hydrogen (secondary N) is 1. The van der Waals surface area contributed by atoms with Crippen LogP contribution in [0.25, 0.3) is 5.95 Å². The second kappa shape index (κ2) is 10.0. The van der Waals surface area contributed by atoms with Gasteiger partial charge in [0.05, 0.1) is 5.69 Å². The van der Waals surface area contributed by atoms with Gasteiger partial charge in [-0.25, -0.2) is 14.5 Å². The molecule has 0 saturated carbocycles. The Morgan fingerprint density at radius 1 is 1.19 bits per heavy atom. The van der Waals surface area contributed by atoms with E-state index in [0.717, 1.165) is 5.69 Å². The van der Waals surface area contributed by atoms with Gasteiger partial charge >= 0.3 is 12.1 Å². The molecule has 0 aliphatic carbocycles. The third kappa shape index (κ3) is 6.42. The Kier molecular flexibility index (Phi) is 7.49. The van der Waals surface area contributed by atoms with Crippen molar-refractivity contribution < 1.29 is 33.0 Å². The van der Waals surface area contributed by atoms with E-state index in [1.165, 1.54) is 15.9 Å². The van der Waals surface area contributed by atoms with E-state index in [1.54, 1.807) is 18.5 Å². The van der Waals surface area contributed by atoms with Crippen molar-refractivity contribution in [2.75, 3.05) is 12.0 Å². The zero-order chi connectivity index (χ0) is 23.0. The second-order valence-electron chi connectivity index (χ2n) is 5.69. The van der Waals surface area contributed by atoms with Gasteiger partial charge in [0.25, 0.3) is 11.9 Å². The maximum absolute atomic E-state index is 12.6. The minimum atomic E-state index is -5.08. The van der Waals surface area contributed by atoms with Crippen molar-refractivity contribution >= 4 is 17.6 Å². The number of para-hydroxylation sites is 1. The Hall–Kier alpha value is -4.16. The fourth-order valence-electron chi connectivity index (χ4n) is 2.10. The summed E-state index contributed by atoms with van der Waals surface area (Å²) in [5.74, 6) is -3.39. The summed E-state index contributed by atoms with van der Waals surface area (Å²) >= 11 is 0.